The number of carbonyl (C=O) groups is 2. The molecular weight excluding hydrogens is 511 g/mol. The van der Waals surface area contributed by atoms with Gasteiger partial charge in [-0.1, -0.05) is 11.6 Å². The highest BCUT2D eigenvalue weighted by Gasteiger charge is 2.38. The lowest BCUT2D eigenvalue weighted by Gasteiger charge is -2.39. The number of sulfonamides is 1. The van der Waals surface area contributed by atoms with E-state index in [0.29, 0.717) is 45.3 Å². The summed E-state index contributed by atoms with van der Waals surface area (Å²) >= 11 is 5.94. The summed E-state index contributed by atoms with van der Waals surface area (Å²) in [5.74, 6) is -0.524. The molecule has 0 radical (unpaired) electrons. The second-order valence-corrected chi connectivity index (χ2v) is 11.3. The van der Waals surface area contributed by atoms with E-state index in [-0.39, 0.29) is 48.7 Å². The van der Waals surface area contributed by atoms with E-state index in [2.05, 4.69) is 0 Å². The summed E-state index contributed by atoms with van der Waals surface area (Å²) < 4.78 is 71.8. The normalized spacial score (nSPS) is 23.0. The van der Waals surface area contributed by atoms with Crippen molar-refractivity contribution in [1.29, 1.82) is 0 Å². The van der Waals surface area contributed by atoms with Gasteiger partial charge in [-0.2, -0.15) is 17.5 Å². The van der Waals surface area contributed by atoms with Gasteiger partial charge < -0.3 is 14.5 Å². The van der Waals surface area contributed by atoms with Crippen molar-refractivity contribution in [2.75, 3.05) is 45.9 Å². The van der Waals surface area contributed by atoms with Gasteiger partial charge in [0.2, 0.25) is 15.9 Å². The standard InChI is InChI=1S/C22H27ClF3N3O5S/c23-17-4-3-16(22(24,25)26)14-19(17)35(32,33)29-7-5-15(6-8-29)20(30)27-9-11-28(12-10-27)21(31)18-2-1-13-34-18/h3-4,14-15,18H,1-2,5-13H2/t18-/m0/s1. The number of hydrogen-bond acceptors (Lipinski definition) is 5. The minimum Gasteiger partial charge on any atom is -0.368 e. The van der Waals surface area contributed by atoms with E-state index >= 15 is 0 Å². The van der Waals surface area contributed by atoms with Crippen LogP contribution in [0.4, 0.5) is 13.2 Å². The molecule has 3 aliphatic rings. The van der Waals surface area contributed by atoms with Gasteiger partial charge in [-0.25, -0.2) is 8.42 Å². The Morgan fingerprint density at radius 3 is 2.09 bits per heavy atom. The lowest BCUT2D eigenvalue weighted by atomic mass is 9.96. The highest BCUT2D eigenvalue weighted by molar-refractivity contribution is 7.89. The first-order valence-electron chi connectivity index (χ1n) is 11.5. The Morgan fingerprint density at radius 1 is 0.943 bits per heavy atom. The van der Waals surface area contributed by atoms with Gasteiger partial charge in [0, 0.05) is 51.8 Å². The minimum atomic E-state index is -4.70. The summed E-state index contributed by atoms with van der Waals surface area (Å²) in [6.07, 6.45) is -3.01. The number of benzene rings is 1. The number of hydrogen-bond donors (Lipinski definition) is 0. The van der Waals surface area contributed by atoms with Crippen molar-refractivity contribution >= 4 is 33.4 Å². The van der Waals surface area contributed by atoms with E-state index in [0.717, 1.165) is 22.9 Å². The molecule has 1 aromatic rings. The molecule has 4 rings (SSSR count). The highest BCUT2D eigenvalue weighted by atomic mass is 35.5. The summed E-state index contributed by atoms with van der Waals surface area (Å²) in [6.45, 7) is 2.23. The van der Waals surface area contributed by atoms with Gasteiger partial charge in [-0.05, 0) is 43.9 Å². The quantitative estimate of drug-likeness (QED) is 0.589. The Morgan fingerprint density at radius 2 is 1.54 bits per heavy atom. The Balaban J connectivity index is 1.33. The van der Waals surface area contributed by atoms with Gasteiger partial charge in [-0.3, -0.25) is 9.59 Å². The van der Waals surface area contributed by atoms with Crippen LogP contribution in [0.25, 0.3) is 0 Å². The zero-order valence-corrected chi connectivity index (χ0v) is 20.5. The smallest absolute Gasteiger partial charge is 0.368 e. The van der Waals surface area contributed by atoms with Crippen LogP contribution in [0.2, 0.25) is 5.02 Å². The van der Waals surface area contributed by atoms with Crippen molar-refractivity contribution in [2.45, 2.75) is 42.9 Å². The van der Waals surface area contributed by atoms with Crippen LogP contribution in [0.1, 0.15) is 31.2 Å². The zero-order valence-electron chi connectivity index (χ0n) is 19.0. The number of carbonyl (C=O) groups excluding carboxylic acids is 2. The molecule has 194 valence electrons. The maximum atomic E-state index is 13.1. The van der Waals surface area contributed by atoms with Crippen molar-refractivity contribution in [3.63, 3.8) is 0 Å². The predicted molar refractivity (Wildman–Crippen MR) is 120 cm³/mol. The second kappa shape index (κ2) is 10.2. The fraction of sp³-hybridized carbons (Fsp3) is 0.636. The highest BCUT2D eigenvalue weighted by Crippen LogP contribution is 2.35. The summed E-state index contributed by atoms with van der Waals surface area (Å²) in [4.78, 5) is 28.3. The third-order valence-electron chi connectivity index (χ3n) is 6.79. The summed E-state index contributed by atoms with van der Waals surface area (Å²) in [5, 5.41) is -0.286. The molecule has 0 bridgehead atoms. The van der Waals surface area contributed by atoms with Crippen molar-refractivity contribution in [3.8, 4) is 0 Å². The van der Waals surface area contributed by atoms with Gasteiger partial charge in [-0.15, -0.1) is 0 Å². The fourth-order valence-electron chi connectivity index (χ4n) is 4.74. The SMILES string of the molecule is O=C(C1CCN(S(=O)(=O)c2cc(C(F)(F)F)ccc2Cl)CC1)N1CCN(C(=O)[C@@H]2CCCO2)CC1. The molecule has 3 saturated heterocycles. The van der Waals surface area contributed by atoms with Gasteiger partial charge in [0.15, 0.2) is 0 Å². The van der Waals surface area contributed by atoms with Crippen LogP contribution in [0.3, 0.4) is 0 Å². The molecule has 3 heterocycles. The fourth-order valence-corrected chi connectivity index (χ4v) is 6.71. The predicted octanol–water partition coefficient (Wildman–Crippen LogP) is 2.61. The van der Waals surface area contributed by atoms with E-state index in [9.17, 15) is 31.2 Å². The molecule has 3 fully saturated rings. The third kappa shape index (κ3) is 5.60. The molecule has 1 atom stereocenters. The molecule has 8 nitrogen and oxygen atoms in total. The van der Waals surface area contributed by atoms with Crippen molar-refractivity contribution in [1.82, 2.24) is 14.1 Å². The Kier molecular flexibility index (Phi) is 7.65. The van der Waals surface area contributed by atoms with E-state index in [1.54, 1.807) is 9.80 Å². The van der Waals surface area contributed by atoms with E-state index in [4.69, 9.17) is 16.3 Å². The molecule has 13 heteroatoms. The molecule has 0 aromatic heterocycles. The van der Waals surface area contributed by atoms with E-state index in [1.807, 2.05) is 0 Å². The number of nitrogens with zero attached hydrogens (tertiary/aromatic N) is 3. The number of piperidine rings is 1. The Labute approximate surface area is 207 Å². The van der Waals surface area contributed by atoms with Crippen LogP contribution in [0.15, 0.2) is 23.1 Å². The lowest BCUT2D eigenvalue weighted by molar-refractivity contribution is -0.147. The minimum absolute atomic E-state index is 0.00276. The van der Waals surface area contributed by atoms with Gasteiger partial charge in [0.1, 0.15) is 11.0 Å². The summed E-state index contributed by atoms with van der Waals surface area (Å²) in [7, 11) is -4.25. The molecule has 3 aliphatic heterocycles. The molecule has 0 spiro atoms. The third-order valence-corrected chi connectivity index (χ3v) is 9.17. The summed E-state index contributed by atoms with van der Waals surface area (Å²) in [5.41, 5.74) is -1.09. The van der Waals surface area contributed by atoms with Gasteiger partial charge >= 0.3 is 6.18 Å². The molecule has 2 amide bonds. The van der Waals surface area contributed by atoms with Crippen LogP contribution in [0.5, 0.6) is 0 Å². The maximum Gasteiger partial charge on any atom is 0.416 e. The number of rotatable bonds is 4. The lowest BCUT2D eigenvalue weighted by Crippen LogP contribution is -2.54. The van der Waals surface area contributed by atoms with Gasteiger partial charge in [0.25, 0.3) is 5.91 Å². The molecule has 35 heavy (non-hydrogen) atoms. The van der Waals surface area contributed by atoms with Crippen LogP contribution >= 0.6 is 11.6 Å². The van der Waals surface area contributed by atoms with E-state index < -0.39 is 32.8 Å². The Hall–Kier alpha value is -1.89. The first kappa shape index (κ1) is 26.2. The molecule has 1 aromatic carbocycles. The first-order chi connectivity index (χ1) is 16.5. The average Bonchev–Trinajstić information content (AvgIpc) is 3.38. The monoisotopic (exact) mass is 537 g/mol. The van der Waals surface area contributed by atoms with Crippen LogP contribution in [-0.2, 0) is 30.5 Å². The second-order valence-electron chi connectivity index (χ2n) is 8.97. The average molecular weight is 538 g/mol. The summed E-state index contributed by atoms with van der Waals surface area (Å²) in [6, 6.07) is 2.21. The molecule has 0 N–H and O–H groups in total. The number of amides is 2. The zero-order chi connectivity index (χ0) is 25.4. The number of halogens is 4. The van der Waals surface area contributed by atoms with Crippen molar-refractivity contribution in [3.05, 3.63) is 28.8 Å². The van der Waals surface area contributed by atoms with Crippen LogP contribution in [0, 0.1) is 5.92 Å². The largest absolute Gasteiger partial charge is 0.416 e. The Bertz CT molecular complexity index is 1060. The topological polar surface area (TPSA) is 87.2 Å². The molecule has 0 saturated carbocycles. The number of piperazine rings is 1. The number of ether oxygens (including phenoxy) is 1. The van der Waals surface area contributed by atoms with Gasteiger partial charge in [0.05, 0.1) is 10.6 Å². The first-order valence-corrected chi connectivity index (χ1v) is 13.4. The van der Waals surface area contributed by atoms with Crippen molar-refractivity contribution < 1.29 is 35.9 Å². The van der Waals surface area contributed by atoms with Crippen LogP contribution < -0.4 is 0 Å². The molecule has 0 aliphatic carbocycles. The molecular formula is C22H27ClF3N3O5S. The maximum absolute atomic E-state index is 13.1. The van der Waals surface area contributed by atoms with Crippen molar-refractivity contribution in [2.24, 2.45) is 5.92 Å². The molecule has 0 unspecified atom stereocenters. The van der Waals surface area contributed by atoms with E-state index in [1.165, 1.54) is 0 Å². The van der Waals surface area contributed by atoms with Crippen LogP contribution in [-0.4, -0.2) is 86.3 Å². The number of alkyl halides is 3.